The van der Waals surface area contributed by atoms with E-state index in [0.717, 1.165) is 29.7 Å². The number of hydrogen-bond donors (Lipinski definition) is 0. The zero-order chi connectivity index (χ0) is 17.2. The van der Waals surface area contributed by atoms with Gasteiger partial charge in [0.15, 0.2) is 0 Å². The molecular weight excluding hydrogens is 314 g/mol. The summed E-state index contributed by atoms with van der Waals surface area (Å²) in [5.41, 5.74) is 3.40. The van der Waals surface area contributed by atoms with Gasteiger partial charge in [-0.3, -0.25) is 4.79 Å². The Balaban J connectivity index is 1.46. The second-order valence-corrected chi connectivity index (χ2v) is 6.82. The van der Waals surface area contributed by atoms with Crippen molar-refractivity contribution >= 4 is 5.91 Å². The van der Waals surface area contributed by atoms with Crippen LogP contribution in [0.25, 0.3) is 0 Å². The molecule has 4 nitrogen and oxygen atoms in total. The van der Waals surface area contributed by atoms with E-state index in [1.54, 1.807) is 0 Å². The summed E-state index contributed by atoms with van der Waals surface area (Å²) in [7, 11) is 0. The number of ether oxygens (including phenoxy) is 2. The molecule has 2 atom stereocenters. The van der Waals surface area contributed by atoms with Crippen molar-refractivity contribution in [1.29, 1.82) is 0 Å². The van der Waals surface area contributed by atoms with Crippen molar-refractivity contribution in [2.24, 2.45) is 0 Å². The fourth-order valence-corrected chi connectivity index (χ4v) is 3.65. The third-order valence-corrected chi connectivity index (χ3v) is 4.97. The molecule has 1 saturated heterocycles. The number of aryl methyl sites for hydroxylation is 1. The predicted molar refractivity (Wildman–Crippen MR) is 95.4 cm³/mol. The molecule has 0 spiro atoms. The first-order valence-electron chi connectivity index (χ1n) is 8.92. The Labute approximate surface area is 148 Å². The van der Waals surface area contributed by atoms with Crippen LogP contribution in [-0.2, 0) is 16.1 Å². The van der Waals surface area contributed by atoms with Crippen molar-refractivity contribution in [2.45, 2.75) is 38.5 Å². The van der Waals surface area contributed by atoms with E-state index < -0.39 is 0 Å². The van der Waals surface area contributed by atoms with Crippen LogP contribution in [0.5, 0.6) is 5.75 Å². The Morgan fingerprint density at radius 1 is 1.12 bits per heavy atom. The van der Waals surface area contributed by atoms with Crippen molar-refractivity contribution in [3.63, 3.8) is 0 Å². The van der Waals surface area contributed by atoms with Gasteiger partial charge in [0.25, 0.3) is 5.91 Å². The van der Waals surface area contributed by atoms with Gasteiger partial charge in [-0.1, -0.05) is 48.0 Å². The quantitative estimate of drug-likeness (QED) is 0.840. The van der Waals surface area contributed by atoms with Crippen LogP contribution in [0.4, 0.5) is 0 Å². The molecule has 0 aromatic heterocycles. The van der Waals surface area contributed by atoms with Crippen LogP contribution >= 0.6 is 0 Å². The zero-order valence-electron chi connectivity index (χ0n) is 14.5. The second kappa shape index (κ2) is 6.89. The Kier molecular flexibility index (Phi) is 4.45. The molecule has 25 heavy (non-hydrogen) atoms. The molecule has 2 aromatic carbocycles. The van der Waals surface area contributed by atoms with Crippen LogP contribution in [0.3, 0.4) is 0 Å². The highest BCUT2D eigenvalue weighted by Gasteiger charge is 2.34. The van der Waals surface area contributed by atoms with Gasteiger partial charge in [-0.2, -0.15) is 0 Å². The molecule has 0 N–H and O–H groups in total. The van der Waals surface area contributed by atoms with Gasteiger partial charge in [-0.05, 0) is 31.4 Å². The third kappa shape index (κ3) is 3.40. The van der Waals surface area contributed by atoms with Gasteiger partial charge in [-0.25, -0.2) is 0 Å². The van der Waals surface area contributed by atoms with Gasteiger partial charge in [0.1, 0.15) is 18.5 Å². The summed E-state index contributed by atoms with van der Waals surface area (Å²) >= 11 is 0. The van der Waals surface area contributed by atoms with E-state index in [-0.39, 0.29) is 18.1 Å². The maximum Gasteiger partial charge on any atom is 0.252 e. The van der Waals surface area contributed by atoms with Crippen molar-refractivity contribution in [3.05, 3.63) is 65.2 Å². The van der Waals surface area contributed by atoms with Crippen molar-refractivity contribution in [2.75, 3.05) is 13.2 Å². The third-order valence-electron chi connectivity index (χ3n) is 4.97. The smallest absolute Gasteiger partial charge is 0.252 e. The SMILES string of the molecule is Cc1ccc2c(c1)CN(C(=O)[C@H]1CC[C@@H](c3ccccc3)O1)CCO2. The summed E-state index contributed by atoms with van der Waals surface area (Å²) in [6.45, 7) is 3.77. The van der Waals surface area contributed by atoms with E-state index in [1.807, 2.05) is 35.2 Å². The number of fused-ring (bicyclic) bond motifs is 1. The molecule has 1 amide bonds. The van der Waals surface area contributed by atoms with Gasteiger partial charge < -0.3 is 14.4 Å². The van der Waals surface area contributed by atoms with E-state index in [1.165, 1.54) is 5.56 Å². The van der Waals surface area contributed by atoms with Crippen LogP contribution in [-0.4, -0.2) is 30.1 Å². The van der Waals surface area contributed by atoms with Crippen molar-refractivity contribution < 1.29 is 14.3 Å². The molecule has 2 heterocycles. The first-order chi connectivity index (χ1) is 12.2. The molecule has 0 bridgehead atoms. The maximum absolute atomic E-state index is 13.0. The monoisotopic (exact) mass is 337 g/mol. The molecule has 0 saturated carbocycles. The molecule has 2 aromatic rings. The number of carbonyl (C=O) groups is 1. The standard InChI is InChI=1S/C21H23NO3/c1-15-7-8-18-17(13-15)14-22(11-12-24-18)21(23)20-10-9-19(25-20)16-5-3-2-4-6-16/h2-8,13,19-20H,9-12,14H2,1H3/t19-,20+/m0/s1. The summed E-state index contributed by atoms with van der Waals surface area (Å²) in [5, 5.41) is 0. The Hall–Kier alpha value is -2.33. The molecule has 1 fully saturated rings. The molecule has 130 valence electrons. The van der Waals surface area contributed by atoms with Gasteiger partial charge in [0.05, 0.1) is 12.6 Å². The number of nitrogens with zero attached hydrogens (tertiary/aromatic N) is 1. The molecule has 4 heteroatoms. The lowest BCUT2D eigenvalue weighted by molar-refractivity contribution is -0.143. The Morgan fingerprint density at radius 2 is 1.96 bits per heavy atom. The average molecular weight is 337 g/mol. The number of amides is 1. The maximum atomic E-state index is 13.0. The van der Waals surface area contributed by atoms with Crippen LogP contribution in [0.2, 0.25) is 0 Å². The number of benzene rings is 2. The number of hydrogen-bond acceptors (Lipinski definition) is 3. The van der Waals surface area contributed by atoms with Gasteiger partial charge in [-0.15, -0.1) is 0 Å². The van der Waals surface area contributed by atoms with Crippen molar-refractivity contribution in [1.82, 2.24) is 4.90 Å². The predicted octanol–water partition coefficient (Wildman–Crippen LogP) is 3.64. The van der Waals surface area contributed by atoms with Crippen LogP contribution in [0.1, 0.15) is 35.6 Å². The van der Waals surface area contributed by atoms with Gasteiger partial charge in [0, 0.05) is 12.1 Å². The fraction of sp³-hybridized carbons (Fsp3) is 0.381. The van der Waals surface area contributed by atoms with Crippen LogP contribution in [0, 0.1) is 6.92 Å². The molecule has 0 unspecified atom stereocenters. The van der Waals surface area contributed by atoms with Gasteiger partial charge in [0.2, 0.25) is 0 Å². The van der Waals surface area contributed by atoms with Crippen molar-refractivity contribution in [3.8, 4) is 5.75 Å². The number of rotatable bonds is 2. The van der Waals surface area contributed by atoms with E-state index in [4.69, 9.17) is 9.47 Å². The van der Waals surface area contributed by atoms with Crippen LogP contribution in [0.15, 0.2) is 48.5 Å². The topological polar surface area (TPSA) is 38.8 Å². The van der Waals surface area contributed by atoms with Crippen LogP contribution < -0.4 is 4.74 Å². The Bertz CT molecular complexity index is 759. The minimum Gasteiger partial charge on any atom is -0.491 e. The largest absolute Gasteiger partial charge is 0.491 e. The molecule has 2 aliphatic rings. The second-order valence-electron chi connectivity index (χ2n) is 6.82. The highest BCUT2D eigenvalue weighted by molar-refractivity contribution is 5.81. The molecule has 4 rings (SSSR count). The van der Waals surface area contributed by atoms with Gasteiger partial charge >= 0.3 is 0 Å². The van der Waals surface area contributed by atoms with E-state index in [0.29, 0.717) is 19.7 Å². The molecule has 0 aliphatic carbocycles. The summed E-state index contributed by atoms with van der Waals surface area (Å²) in [6.07, 6.45) is 1.33. The minimum atomic E-state index is -0.350. The summed E-state index contributed by atoms with van der Waals surface area (Å²) in [5.74, 6) is 0.965. The average Bonchev–Trinajstić information content (AvgIpc) is 3.03. The normalized spacial score (nSPS) is 22.8. The summed E-state index contributed by atoms with van der Waals surface area (Å²) in [6, 6.07) is 16.3. The molecular formula is C21H23NO3. The molecule has 0 radical (unpaired) electrons. The fourth-order valence-electron chi connectivity index (χ4n) is 3.65. The lowest BCUT2D eigenvalue weighted by Gasteiger charge is -2.23. The first-order valence-corrected chi connectivity index (χ1v) is 8.92. The Morgan fingerprint density at radius 3 is 2.80 bits per heavy atom. The summed E-state index contributed by atoms with van der Waals surface area (Å²) < 4.78 is 11.9. The highest BCUT2D eigenvalue weighted by atomic mass is 16.5. The lowest BCUT2D eigenvalue weighted by Crippen LogP contribution is -2.39. The van der Waals surface area contributed by atoms with E-state index in [9.17, 15) is 4.79 Å². The first kappa shape index (κ1) is 16.2. The van der Waals surface area contributed by atoms with E-state index in [2.05, 4.69) is 25.1 Å². The van der Waals surface area contributed by atoms with E-state index >= 15 is 0 Å². The number of carbonyl (C=O) groups excluding carboxylic acids is 1. The highest BCUT2D eigenvalue weighted by Crippen LogP contribution is 2.34. The minimum absolute atomic E-state index is 0.0212. The summed E-state index contributed by atoms with van der Waals surface area (Å²) in [4.78, 5) is 14.8. The lowest BCUT2D eigenvalue weighted by atomic mass is 10.1. The zero-order valence-corrected chi connectivity index (χ0v) is 14.5. The molecule has 2 aliphatic heterocycles.